The molecule has 0 aliphatic rings. The van der Waals surface area contributed by atoms with Gasteiger partial charge in [-0.15, -0.1) is 0 Å². The summed E-state index contributed by atoms with van der Waals surface area (Å²) in [4.78, 5) is 11.7. The second-order valence-corrected chi connectivity index (χ2v) is 4.09. The summed E-state index contributed by atoms with van der Waals surface area (Å²) in [5, 5.41) is 0. The molecule has 20 heavy (non-hydrogen) atoms. The average Bonchev–Trinajstić information content (AvgIpc) is 2.48. The monoisotopic (exact) mass is 265 g/mol. The van der Waals surface area contributed by atoms with Gasteiger partial charge in [-0.25, -0.2) is 4.79 Å². The molecule has 0 aromatic heterocycles. The molecule has 0 spiro atoms. The summed E-state index contributed by atoms with van der Waals surface area (Å²) >= 11 is 0. The third-order valence-corrected chi connectivity index (χ3v) is 2.63. The Balaban J connectivity index is 1.89. The number of ether oxygens (including phenoxy) is 1. The molecule has 100 valence electrons. The van der Waals surface area contributed by atoms with Crippen molar-refractivity contribution in [1.29, 1.82) is 0 Å². The number of carbonyl (C=O) groups is 1. The van der Waals surface area contributed by atoms with Crippen LogP contribution in [0, 0.1) is 0 Å². The van der Waals surface area contributed by atoms with E-state index in [1.54, 1.807) is 36.4 Å². The van der Waals surface area contributed by atoms with E-state index in [2.05, 4.69) is 0 Å². The van der Waals surface area contributed by atoms with E-state index in [9.17, 15) is 4.79 Å². The largest absolute Gasteiger partial charge is 0.431 e. The van der Waals surface area contributed by atoms with Gasteiger partial charge in [-0.1, -0.05) is 54.6 Å². The Bertz CT molecular complexity index is 630. The number of carbonyl (C=O) groups excluding carboxylic acids is 1. The van der Waals surface area contributed by atoms with E-state index in [0.717, 1.165) is 5.56 Å². The number of hydrogen-bond acceptors (Lipinski definition) is 3. The van der Waals surface area contributed by atoms with Crippen molar-refractivity contribution in [1.82, 2.24) is 0 Å². The molecule has 0 unspecified atom stereocenters. The van der Waals surface area contributed by atoms with Gasteiger partial charge in [0.25, 0.3) is 0 Å². The first kappa shape index (κ1) is 13.6. The van der Waals surface area contributed by atoms with Gasteiger partial charge in [0, 0.05) is 5.69 Å². The van der Waals surface area contributed by atoms with E-state index in [-0.39, 0.29) is 0 Å². The fourth-order valence-electron chi connectivity index (χ4n) is 1.62. The highest BCUT2D eigenvalue weighted by Crippen LogP contribution is 2.11. The van der Waals surface area contributed by atoms with Gasteiger partial charge < -0.3 is 10.5 Å². The zero-order chi connectivity index (χ0) is 14.2. The third-order valence-electron chi connectivity index (χ3n) is 2.63. The van der Waals surface area contributed by atoms with E-state index in [1.807, 2.05) is 36.4 Å². The predicted octanol–water partition coefficient (Wildman–Crippen LogP) is 3.65. The van der Waals surface area contributed by atoms with Crippen LogP contribution in [0.1, 0.15) is 15.9 Å². The quantitative estimate of drug-likeness (QED) is 0.397. The van der Waals surface area contributed by atoms with Crippen LogP contribution in [0.5, 0.6) is 0 Å². The third kappa shape index (κ3) is 3.85. The van der Waals surface area contributed by atoms with Crippen molar-refractivity contribution >= 4 is 17.7 Å². The lowest BCUT2D eigenvalue weighted by molar-refractivity contribution is 0.0664. The van der Waals surface area contributed by atoms with Crippen LogP contribution in [0.25, 0.3) is 6.08 Å². The van der Waals surface area contributed by atoms with Crippen LogP contribution in [0.15, 0.2) is 73.0 Å². The molecule has 0 atom stereocenters. The second-order valence-electron chi connectivity index (χ2n) is 4.09. The standard InChI is InChI=1S/C17H15NO2/c18-16-12-5-4-11-15(16)17(19)20-13-7-6-10-14-8-2-1-3-9-14/h1-13H,18H2. The lowest BCUT2D eigenvalue weighted by Crippen LogP contribution is -2.04. The first-order chi connectivity index (χ1) is 9.77. The Labute approximate surface area is 118 Å². The van der Waals surface area contributed by atoms with Crippen molar-refractivity contribution < 1.29 is 9.53 Å². The molecule has 2 aromatic rings. The molecule has 0 fully saturated rings. The molecule has 0 radical (unpaired) electrons. The van der Waals surface area contributed by atoms with Gasteiger partial charge in [-0.05, 0) is 23.8 Å². The number of nitrogen functional groups attached to an aromatic ring is 1. The van der Waals surface area contributed by atoms with Crippen LogP contribution in [-0.4, -0.2) is 5.97 Å². The minimum atomic E-state index is -0.465. The Hall–Kier alpha value is -2.81. The van der Waals surface area contributed by atoms with Crippen molar-refractivity contribution in [2.45, 2.75) is 0 Å². The number of allylic oxidation sites excluding steroid dienone is 2. The zero-order valence-electron chi connectivity index (χ0n) is 10.9. The molecular formula is C17H15NO2. The van der Waals surface area contributed by atoms with Gasteiger partial charge in [-0.2, -0.15) is 0 Å². The first-order valence-corrected chi connectivity index (χ1v) is 6.21. The maximum Gasteiger partial charge on any atom is 0.345 e. The number of nitrogens with two attached hydrogens (primary N) is 1. The van der Waals surface area contributed by atoms with Gasteiger partial charge in [0.15, 0.2) is 0 Å². The van der Waals surface area contributed by atoms with E-state index in [0.29, 0.717) is 11.3 Å². The number of rotatable bonds is 4. The number of esters is 1. The summed E-state index contributed by atoms with van der Waals surface area (Å²) in [7, 11) is 0. The van der Waals surface area contributed by atoms with Gasteiger partial charge in [0.1, 0.15) is 0 Å². The lowest BCUT2D eigenvalue weighted by Gasteiger charge is -2.01. The first-order valence-electron chi connectivity index (χ1n) is 6.21. The van der Waals surface area contributed by atoms with Gasteiger partial charge in [0.05, 0.1) is 11.8 Å². The van der Waals surface area contributed by atoms with Gasteiger partial charge in [-0.3, -0.25) is 0 Å². The number of anilines is 1. The minimum Gasteiger partial charge on any atom is -0.431 e. The minimum absolute atomic E-state index is 0.365. The van der Waals surface area contributed by atoms with E-state index >= 15 is 0 Å². The van der Waals surface area contributed by atoms with E-state index in [1.165, 1.54) is 6.26 Å². The van der Waals surface area contributed by atoms with Crippen molar-refractivity contribution in [3.63, 3.8) is 0 Å². The summed E-state index contributed by atoms with van der Waals surface area (Å²) < 4.78 is 5.00. The maximum absolute atomic E-state index is 11.7. The zero-order valence-corrected chi connectivity index (χ0v) is 10.9. The molecule has 2 N–H and O–H groups in total. The molecule has 3 heteroatoms. The van der Waals surface area contributed by atoms with Gasteiger partial charge >= 0.3 is 5.97 Å². The summed E-state index contributed by atoms with van der Waals surface area (Å²) in [5.41, 5.74) is 7.54. The smallest absolute Gasteiger partial charge is 0.345 e. The van der Waals surface area contributed by atoms with Crippen LogP contribution in [0.2, 0.25) is 0 Å². The fraction of sp³-hybridized carbons (Fsp3) is 0. The molecule has 2 aromatic carbocycles. The topological polar surface area (TPSA) is 52.3 Å². The van der Waals surface area contributed by atoms with Gasteiger partial charge in [0.2, 0.25) is 0 Å². The second kappa shape index (κ2) is 6.95. The van der Waals surface area contributed by atoms with E-state index in [4.69, 9.17) is 10.5 Å². The van der Waals surface area contributed by atoms with Crippen LogP contribution in [-0.2, 0) is 4.74 Å². The number of para-hydroxylation sites is 1. The van der Waals surface area contributed by atoms with Crippen molar-refractivity contribution in [2.75, 3.05) is 5.73 Å². The number of hydrogen-bond donors (Lipinski definition) is 1. The summed E-state index contributed by atoms with van der Waals surface area (Å²) in [6.07, 6.45) is 6.72. The predicted molar refractivity (Wildman–Crippen MR) is 80.9 cm³/mol. The van der Waals surface area contributed by atoms with Crippen molar-refractivity contribution in [3.8, 4) is 0 Å². The molecule has 0 bridgehead atoms. The molecule has 0 heterocycles. The molecule has 0 amide bonds. The van der Waals surface area contributed by atoms with Crippen LogP contribution in [0.4, 0.5) is 5.69 Å². The lowest BCUT2D eigenvalue weighted by atomic mass is 10.2. The van der Waals surface area contributed by atoms with Crippen molar-refractivity contribution in [2.24, 2.45) is 0 Å². The fourth-order valence-corrected chi connectivity index (χ4v) is 1.62. The Morgan fingerprint density at radius 3 is 2.40 bits per heavy atom. The molecular weight excluding hydrogens is 250 g/mol. The Morgan fingerprint density at radius 2 is 1.65 bits per heavy atom. The highest BCUT2D eigenvalue weighted by atomic mass is 16.5. The molecule has 2 rings (SSSR count). The Kier molecular flexibility index (Phi) is 4.73. The highest BCUT2D eigenvalue weighted by molar-refractivity contribution is 5.95. The molecule has 0 saturated heterocycles. The molecule has 3 nitrogen and oxygen atoms in total. The summed E-state index contributed by atoms with van der Waals surface area (Å²) in [6.45, 7) is 0. The van der Waals surface area contributed by atoms with Crippen LogP contribution >= 0.6 is 0 Å². The van der Waals surface area contributed by atoms with Crippen molar-refractivity contribution in [3.05, 3.63) is 84.1 Å². The molecule has 0 aliphatic carbocycles. The normalized spacial score (nSPS) is 11.0. The Morgan fingerprint density at radius 1 is 0.950 bits per heavy atom. The maximum atomic E-state index is 11.7. The highest BCUT2D eigenvalue weighted by Gasteiger charge is 2.08. The summed E-state index contributed by atoms with van der Waals surface area (Å²) in [5.74, 6) is -0.465. The molecule has 0 saturated carbocycles. The average molecular weight is 265 g/mol. The summed E-state index contributed by atoms with van der Waals surface area (Å²) in [6, 6.07) is 16.7. The molecule has 0 aliphatic heterocycles. The number of benzene rings is 2. The van der Waals surface area contributed by atoms with Crippen LogP contribution in [0.3, 0.4) is 0 Å². The van der Waals surface area contributed by atoms with E-state index < -0.39 is 5.97 Å². The SMILES string of the molecule is Nc1ccccc1C(=O)OC=CC=Cc1ccccc1. The van der Waals surface area contributed by atoms with Crippen LogP contribution < -0.4 is 5.73 Å².